The molecule has 1 rings (SSSR count). The zero-order chi connectivity index (χ0) is 16.6. The Balaban J connectivity index is 1.77. The minimum atomic E-state index is 0.416. The number of morpholine rings is 1. The molecule has 0 bridgehead atoms. The Labute approximate surface area is 144 Å². The van der Waals surface area contributed by atoms with Gasteiger partial charge in [-0.05, 0) is 6.42 Å². The van der Waals surface area contributed by atoms with Crippen molar-refractivity contribution in [3.05, 3.63) is 0 Å². The van der Waals surface area contributed by atoms with Crippen LogP contribution in [-0.2, 0) is 9.53 Å². The van der Waals surface area contributed by atoms with E-state index in [-0.39, 0.29) is 0 Å². The van der Waals surface area contributed by atoms with Gasteiger partial charge in [0.2, 0.25) is 0 Å². The number of ether oxygens (including phenoxy) is 1. The van der Waals surface area contributed by atoms with E-state index in [1.54, 1.807) is 0 Å². The summed E-state index contributed by atoms with van der Waals surface area (Å²) in [5.74, 6) is 0.416. The molecule has 0 N–H and O–H groups in total. The fourth-order valence-corrected chi connectivity index (χ4v) is 3.25. The minimum absolute atomic E-state index is 0.416. The normalized spacial score (nSPS) is 15.9. The first-order valence-electron chi connectivity index (χ1n) is 10.1. The van der Waals surface area contributed by atoms with Gasteiger partial charge in [0, 0.05) is 19.5 Å². The zero-order valence-electron chi connectivity index (χ0n) is 15.5. The summed E-state index contributed by atoms with van der Waals surface area (Å²) in [5, 5.41) is 0. The average molecular weight is 326 g/mol. The highest BCUT2D eigenvalue weighted by atomic mass is 16.5. The van der Waals surface area contributed by atoms with Crippen molar-refractivity contribution >= 4 is 5.78 Å². The summed E-state index contributed by atoms with van der Waals surface area (Å²) < 4.78 is 5.31. The molecule has 136 valence electrons. The summed E-state index contributed by atoms with van der Waals surface area (Å²) in [5.41, 5.74) is 0. The molecule has 1 fully saturated rings. The number of unbranched alkanes of at least 4 members (excludes halogenated alkanes) is 11. The number of hydrogen-bond donors (Lipinski definition) is 0. The predicted molar refractivity (Wildman–Crippen MR) is 98.0 cm³/mol. The van der Waals surface area contributed by atoms with E-state index in [1.807, 2.05) is 0 Å². The molecule has 0 aromatic rings. The second kappa shape index (κ2) is 15.1. The second-order valence-electron chi connectivity index (χ2n) is 7.07. The van der Waals surface area contributed by atoms with Crippen LogP contribution in [0.1, 0.15) is 90.4 Å². The van der Waals surface area contributed by atoms with Crippen LogP contribution in [0, 0.1) is 0 Å². The second-order valence-corrected chi connectivity index (χ2v) is 7.07. The van der Waals surface area contributed by atoms with Gasteiger partial charge in [-0.3, -0.25) is 9.69 Å². The van der Waals surface area contributed by atoms with Crippen LogP contribution in [0.3, 0.4) is 0 Å². The van der Waals surface area contributed by atoms with Crippen LogP contribution in [0.2, 0.25) is 0 Å². The van der Waals surface area contributed by atoms with Gasteiger partial charge >= 0.3 is 0 Å². The molecular weight excluding hydrogens is 286 g/mol. The molecule has 1 aliphatic rings. The molecule has 0 aromatic carbocycles. The largest absolute Gasteiger partial charge is 0.379 e. The van der Waals surface area contributed by atoms with E-state index in [1.165, 1.54) is 70.6 Å². The zero-order valence-corrected chi connectivity index (χ0v) is 15.5. The topological polar surface area (TPSA) is 29.5 Å². The van der Waals surface area contributed by atoms with Gasteiger partial charge in [-0.2, -0.15) is 0 Å². The number of rotatable bonds is 15. The number of ketones is 1. The standard InChI is InChI=1S/C20H39NO2/c1-2-3-4-5-6-7-8-9-10-11-12-13-14-20(22)19-21-15-17-23-18-16-21/h2-19H2,1H3. The number of hydrogen-bond acceptors (Lipinski definition) is 3. The van der Waals surface area contributed by atoms with Gasteiger partial charge in [-0.15, -0.1) is 0 Å². The molecule has 3 heteroatoms. The summed E-state index contributed by atoms with van der Waals surface area (Å²) in [4.78, 5) is 14.1. The van der Waals surface area contributed by atoms with E-state index in [2.05, 4.69) is 11.8 Å². The minimum Gasteiger partial charge on any atom is -0.379 e. The van der Waals surface area contributed by atoms with Crippen LogP contribution in [0.4, 0.5) is 0 Å². The third-order valence-electron chi connectivity index (χ3n) is 4.81. The Kier molecular flexibility index (Phi) is 13.6. The molecule has 0 unspecified atom stereocenters. The van der Waals surface area contributed by atoms with Gasteiger partial charge in [0.1, 0.15) is 5.78 Å². The third kappa shape index (κ3) is 12.7. The van der Waals surface area contributed by atoms with Crippen molar-refractivity contribution in [3.8, 4) is 0 Å². The molecule has 0 radical (unpaired) electrons. The Bertz CT molecular complexity index is 275. The Morgan fingerprint density at radius 2 is 1.26 bits per heavy atom. The fraction of sp³-hybridized carbons (Fsp3) is 0.950. The van der Waals surface area contributed by atoms with Crippen LogP contribution in [-0.4, -0.2) is 43.5 Å². The number of nitrogens with zero attached hydrogens (tertiary/aromatic N) is 1. The fourth-order valence-electron chi connectivity index (χ4n) is 3.25. The molecule has 0 saturated carbocycles. The summed E-state index contributed by atoms with van der Waals surface area (Å²) >= 11 is 0. The van der Waals surface area contributed by atoms with E-state index < -0.39 is 0 Å². The van der Waals surface area contributed by atoms with Gasteiger partial charge in [0.25, 0.3) is 0 Å². The van der Waals surface area contributed by atoms with Crippen LogP contribution >= 0.6 is 0 Å². The molecule has 0 aromatic heterocycles. The highest BCUT2D eigenvalue weighted by Gasteiger charge is 2.13. The summed E-state index contributed by atoms with van der Waals surface area (Å²) in [6.45, 7) is 6.32. The first-order chi connectivity index (χ1) is 11.3. The van der Waals surface area contributed by atoms with Crippen molar-refractivity contribution in [2.45, 2.75) is 90.4 Å². The SMILES string of the molecule is CCCCCCCCCCCCCCC(=O)CN1CCOCC1. The lowest BCUT2D eigenvalue weighted by molar-refractivity contribution is -0.121. The third-order valence-corrected chi connectivity index (χ3v) is 4.81. The number of carbonyl (C=O) groups is 1. The van der Waals surface area contributed by atoms with Crippen molar-refractivity contribution in [2.24, 2.45) is 0 Å². The maximum absolute atomic E-state index is 11.9. The average Bonchev–Trinajstić information content (AvgIpc) is 2.57. The van der Waals surface area contributed by atoms with Crippen LogP contribution in [0.25, 0.3) is 0 Å². The van der Waals surface area contributed by atoms with Gasteiger partial charge in [-0.25, -0.2) is 0 Å². The van der Waals surface area contributed by atoms with Gasteiger partial charge in [0.15, 0.2) is 0 Å². The quantitative estimate of drug-likeness (QED) is 0.398. The maximum Gasteiger partial charge on any atom is 0.146 e. The van der Waals surface area contributed by atoms with Crippen LogP contribution in [0.5, 0.6) is 0 Å². The molecule has 0 amide bonds. The van der Waals surface area contributed by atoms with E-state index in [0.29, 0.717) is 12.3 Å². The van der Waals surface area contributed by atoms with Crippen LogP contribution < -0.4 is 0 Å². The van der Waals surface area contributed by atoms with Crippen molar-refractivity contribution in [2.75, 3.05) is 32.8 Å². The summed E-state index contributed by atoms with van der Waals surface area (Å²) in [6, 6.07) is 0. The number of Topliss-reactive ketones (excluding diaryl/α,β-unsaturated/α-hetero) is 1. The lowest BCUT2D eigenvalue weighted by Crippen LogP contribution is -2.39. The van der Waals surface area contributed by atoms with E-state index in [9.17, 15) is 4.79 Å². The molecule has 1 aliphatic heterocycles. The first kappa shape index (κ1) is 20.6. The van der Waals surface area contributed by atoms with Crippen molar-refractivity contribution in [3.63, 3.8) is 0 Å². The van der Waals surface area contributed by atoms with Gasteiger partial charge in [0.05, 0.1) is 19.8 Å². The molecule has 0 atom stereocenters. The molecule has 23 heavy (non-hydrogen) atoms. The molecule has 1 heterocycles. The predicted octanol–water partition coefficient (Wildman–Crippen LogP) is 4.98. The monoisotopic (exact) mass is 325 g/mol. The summed E-state index contributed by atoms with van der Waals surface area (Å²) in [6.07, 6.45) is 17.0. The van der Waals surface area contributed by atoms with Crippen molar-refractivity contribution in [1.82, 2.24) is 4.90 Å². The van der Waals surface area contributed by atoms with Crippen molar-refractivity contribution in [1.29, 1.82) is 0 Å². The maximum atomic E-state index is 11.9. The Morgan fingerprint density at radius 1 is 0.783 bits per heavy atom. The van der Waals surface area contributed by atoms with E-state index in [4.69, 9.17) is 4.74 Å². The molecular formula is C20H39NO2. The first-order valence-corrected chi connectivity index (χ1v) is 10.1. The Hall–Kier alpha value is -0.410. The number of carbonyl (C=O) groups excluding carboxylic acids is 1. The van der Waals surface area contributed by atoms with E-state index in [0.717, 1.165) is 39.1 Å². The highest BCUT2D eigenvalue weighted by Crippen LogP contribution is 2.12. The lowest BCUT2D eigenvalue weighted by Gasteiger charge is -2.25. The smallest absolute Gasteiger partial charge is 0.146 e. The highest BCUT2D eigenvalue weighted by molar-refractivity contribution is 5.80. The summed E-state index contributed by atoms with van der Waals surface area (Å²) in [7, 11) is 0. The molecule has 0 aliphatic carbocycles. The van der Waals surface area contributed by atoms with E-state index >= 15 is 0 Å². The lowest BCUT2D eigenvalue weighted by atomic mass is 10.0. The Morgan fingerprint density at radius 3 is 1.78 bits per heavy atom. The molecule has 1 saturated heterocycles. The molecule has 3 nitrogen and oxygen atoms in total. The van der Waals surface area contributed by atoms with Gasteiger partial charge in [-0.1, -0.05) is 77.6 Å². The van der Waals surface area contributed by atoms with Crippen LogP contribution in [0.15, 0.2) is 0 Å². The van der Waals surface area contributed by atoms with Crippen molar-refractivity contribution < 1.29 is 9.53 Å². The van der Waals surface area contributed by atoms with Gasteiger partial charge < -0.3 is 4.74 Å². The molecule has 0 spiro atoms.